The van der Waals surface area contributed by atoms with E-state index in [1.807, 2.05) is 5.92 Å². The van der Waals surface area contributed by atoms with E-state index in [1.165, 1.54) is 89.9 Å². The van der Waals surface area contributed by atoms with E-state index < -0.39 is 0 Å². The van der Waals surface area contributed by atoms with Crippen molar-refractivity contribution in [3.05, 3.63) is 5.92 Å². The highest BCUT2D eigenvalue weighted by molar-refractivity contribution is 5.02. The molecule has 0 bridgehead atoms. The summed E-state index contributed by atoms with van der Waals surface area (Å²) in [5.41, 5.74) is 0. The van der Waals surface area contributed by atoms with Gasteiger partial charge in [-0.1, -0.05) is 116 Å². The van der Waals surface area contributed by atoms with Crippen molar-refractivity contribution < 1.29 is 0 Å². The Bertz CT molecular complexity index is 323. The van der Waals surface area contributed by atoms with Gasteiger partial charge in [0.25, 0.3) is 0 Å². The van der Waals surface area contributed by atoms with Gasteiger partial charge in [0.1, 0.15) is 0 Å². The van der Waals surface area contributed by atoms with Crippen LogP contribution >= 0.6 is 0 Å². The molecule has 0 saturated heterocycles. The van der Waals surface area contributed by atoms with Crippen LogP contribution in [0.4, 0.5) is 0 Å². The van der Waals surface area contributed by atoms with Crippen molar-refractivity contribution in [2.45, 2.75) is 135 Å². The molecule has 2 atom stereocenters. The van der Waals surface area contributed by atoms with E-state index in [2.05, 4.69) is 6.92 Å². The minimum Gasteiger partial charge on any atom is -0.0654 e. The molecule has 0 nitrogen and oxygen atoms in total. The topological polar surface area (TPSA) is 0 Å². The van der Waals surface area contributed by atoms with E-state index in [9.17, 15) is 0 Å². The van der Waals surface area contributed by atoms with E-state index >= 15 is 0 Å². The van der Waals surface area contributed by atoms with Crippen molar-refractivity contribution in [2.24, 2.45) is 23.7 Å². The monoisotopic (exact) mass is 359 g/mol. The largest absolute Gasteiger partial charge is 0.0654 e. The first kappa shape index (κ1) is 20.7. The Morgan fingerprint density at radius 1 is 0.692 bits per heavy atom. The summed E-state index contributed by atoms with van der Waals surface area (Å²) in [6, 6.07) is 0. The number of rotatable bonds is 10. The third kappa shape index (κ3) is 6.27. The lowest BCUT2D eigenvalue weighted by Gasteiger charge is -2.40. The molecule has 26 heavy (non-hydrogen) atoms. The van der Waals surface area contributed by atoms with Crippen LogP contribution < -0.4 is 0 Å². The fraction of sp³-hybridized carbons (Fsp3) is 0.962. The first-order chi connectivity index (χ1) is 12.9. The Morgan fingerprint density at radius 3 is 2.00 bits per heavy atom. The second-order valence-corrected chi connectivity index (χ2v) is 10.1. The average molecular weight is 360 g/mol. The van der Waals surface area contributed by atoms with Gasteiger partial charge in [0.15, 0.2) is 0 Å². The van der Waals surface area contributed by atoms with Crippen LogP contribution in [-0.4, -0.2) is 0 Å². The predicted octanol–water partition coefficient (Wildman–Crippen LogP) is 8.89. The quantitative estimate of drug-likeness (QED) is 0.341. The zero-order valence-electron chi connectivity index (χ0n) is 18.0. The summed E-state index contributed by atoms with van der Waals surface area (Å²) in [6.07, 6.45) is 30.4. The number of unbranched alkanes of at least 4 members (excludes halogenated alkanes) is 3. The van der Waals surface area contributed by atoms with Crippen molar-refractivity contribution in [3.63, 3.8) is 0 Å². The third-order valence-corrected chi connectivity index (χ3v) is 8.29. The smallest absolute Gasteiger partial charge is 0.0207 e. The molecule has 0 heterocycles. The summed E-state index contributed by atoms with van der Waals surface area (Å²) in [6.45, 7) is 2.35. The second-order valence-electron chi connectivity index (χ2n) is 10.1. The average Bonchev–Trinajstić information content (AvgIpc) is 3.23. The summed E-state index contributed by atoms with van der Waals surface area (Å²) < 4.78 is 0. The van der Waals surface area contributed by atoms with Crippen molar-refractivity contribution in [3.8, 4) is 0 Å². The van der Waals surface area contributed by atoms with Gasteiger partial charge in [-0.05, 0) is 48.9 Å². The Labute approximate surface area is 165 Å². The summed E-state index contributed by atoms with van der Waals surface area (Å²) >= 11 is 0. The molecule has 3 aliphatic carbocycles. The van der Waals surface area contributed by atoms with E-state index in [0.717, 1.165) is 23.7 Å². The minimum absolute atomic E-state index is 1.02. The van der Waals surface area contributed by atoms with Crippen molar-refractivity contribution in [1.29, 1.82) is 0 Å². The van der Waals surface area contributed by atoms with Gasteiger partial charge in [0, 0.05) is 0 Å². The van der Waals surface area contributed by atoms with Gasteiger partial charge >= 0.3 is 0 Å². The standard InChI is InChI=1S/C26H47/c1-2-3-4-7-20-25(22-14-12-13-15-22)21-26(23-16-8-5-9-17-23)24-18-10-6-11-19-24/h22-23,25-26H,2-21H2,1H3. The molecule has 0 spiro atoms. The van der Waals surface area contributed by atoms with Gasteiger partial charge in [-0.3, -0.25) is 0 Å². The molecular formula is C26H47. The SMILES string of the molecule is CCCCCCC(CC([C]1CCCCC1)C1CCCCC1)C1CCCC1. The minimum atomic E-state index is 1.02. The number of hydrogen-bond donors (Lipinski definition) is 0. The Morgan fingerprint density at radius 2 is 1.31 bits per heavy atom. The van der Waals surface area contributed by atoms with Gasteiger partial charge in [0.2, 0.25) is 0 Å². The molecule has 0 aromatic rings. The molecule has 3 aliphatic rings. The summed E-state index contributed by atoms with van der Waals surface area (Å²) in [5, 5.41) is 0. The van der Waals surface area contributed by atoms with Crippen LogP contribution in [0, 0.1) is 29.6 Å². The zero-order chi connectivity index (χ0) is 18.0. The van der Waals surface area contributed by atoms with Crippen LogP contribution in [0.15, 0.2) is 0 Å². The van der Waals surface area contributed by atoms with E-state index in [-0.39, 0.29) is 0 Å². The fourth-order valence-electron chi connectivity index (χ4n) is 6.74. The van der Waals surface area contributed by atoms with Gasteiger partial charge in [-0.25, -0.2) is 0 Å². The lowest BCUT2D eigenvalue weighted by molar-refractivity contribution is 0.167. The highest BCUT2D eigenvalue weighted by atomic mass is 14.4. The van der Waals surface area contributed by atoms with E-state index in [0.29, 0.717) is 0 Å². The number of hydrogen-bond acceptors (Lipinski definition) is 0. The van der Waals surface area contributed by atoms with E-state index in [4.69, 9.17) is 0 Å². The molecule has 0 aromatic carbocycles. The molecule has 3 saturated carbocycles. The molecule has 2 unspecified atom stereocenters. The molecule has 0 aliphatic heterocycles. The van der Waals surface area contributed by atoms with Gasteiger partial charge in [-0.2, -0.15) is 0 Å². The second kappa shape index (κ2) is 11.8. The molecular weight excluding hydrogens is 312 g/mol. The maximum Gasteiger partial charge on any atom is -0.0207 e. The molecule has 0 aromatic heterocycles. The van der Waals surface area contributed by atoms with Crippen molar-refractivity contribution in [2.75, 3.05) is 0 Å². The van der Waals surface area contributed by atoms with Crippen LogP contribution in [0.25, 0.3) is 0 Å². The maximum atomic E-state index is 2.35. The Hall–Kier alpha value is 0. The van der Waals surface area contributed by atoms with Crippen LogP contribution in [0.3, 0.4) is 0 Å². The Balaban J connectivity index is 1.62. The van der Waals surface area contributed by atoms with E-state index in [1.54, 1.807) is 38.5 Å². The third-order valence-electron chi connectivity index (χ3n) is 8.29. The van der Waals surface area contributed by atoms with Crippen LogP contribution in [0.2, 0.25) is 0 Å². The summed E-state index contributed by atoms with van der Waals surface area (Å²) in [4.78, 5) is 0. The van der Waals surface area contributed by atoms with Crippen LogP contribution in [0.5, 0.6) is 0 Å². The van der Waals surface area contributed by atoms with Crippen molar-refractivity contribution in [1.82, 2.24) is 0 Å². The lowest BCUT2D eigenvalue weighted by Crippen LogP contribution is -2.29. The van der Waals surface area contributed by atoms with Gasteiger partial charge in [0.05, 0.1) is 0 Å². The molecule has 3 fully saturated rings. The summed E-state index contributed by atoms with van der Waals surface area (Å²) in [5.74, 6) is 6.28. The normalized spacial score (nSPS) is 25.2. The zero-order valence-corrected chi connectivity index (χ0v) is 18.0. The highest BCUT2D eigenvalue weighted by Gasteiger charge is 2.35. The molecule has 3 rings (SSSR count). The summed E-state index contributed by atoms with van der Waals surface area (Å²) in [7, 11) is 0. The van der Waals surface area contributed by atoms with Gasteiger partial charge < -0.3 is 0 Å². The van der Waals surface area contributed by atoms with Gasteiger partial charge in [-0.15, -0.1) is 0 Å². The lowest BCUT2D eigenvalue weighted by atomic mass is 9.65. The van der Waals surface area contributed by atoms with Crippen molar-refractivity contribution >= 4 is 0 Å². The first-order valence-electron chi connectivity index (χ1n) is 12.7. The molecule has 151 valence electrons. The molecule has 0 heteroatoms. The first-order valence-corrected chi connectivity index (χ1v) is 12.7. The van der Waals surface area contributed by atoms with Crippen LogP contribution in [-0.2, 0) is 0 Å². The highest BCUT2D eigenvalue weighted by Crippen LogP contribution is 2.47. The molecule has 1 radical (unpaired) electrons. The predicted molar refractivity (Wildman–Crippen MR) is 115 cm³/mol. The van der Waals surface area contributed by atoms with Crippen LogP contribution in [0.1, 0.15) is 135 Å². The molecule has 0 N–H and O–H groups in total. The molecule has 0 amide bonds. The fourth-order valence-corrected chi connectivity index (χ4v) is 6.74. The Kier molecular flexibility index (Phi) is 9.37. The maximum absolute atomic E-state index is 2.35.